The van der Waals surface area contributed by atoms with Gasteiger partial charge in [-0.05, 0) is 24.0 Å². The van der Waals surface area contributed by atoms with Crippen molar-refractivity contribution in [2.75, 3.05) is 6.61 Å². The molecular weight excluding hydrogens is 124 g/mol. The number of allylic oxidation sites excluding steroid dienone is 2. The number of rotatable bonds is 0. The lowest BCUT2D eigenvalue weighted by Crippen LogP contribution is -1.97. The molecule has 0 aromatic heterocycles. The first-order valence-corrected chi connectivity index (χ1v) is 3.89. The molecule has 1 atom stereocenters. The molecule has 0 unspecified atom stereocenters. The van der Waals surface area contributed by atoms with Crippen LogP contribution in [0.3, 0.4) is 0 Å². The van der Waals surface area contributed by atoms with Gasteiger partial charge in [0, 0.05) is 6.42 Å². The average molecular weight is 136 g/mol. The minimum atomic E-state index is 0.723. The van der Waals surface area contributed by atoms with Crippen LogP contribution in [0.5, 0.6) is 0 Å². The van der Waals surface area contributed by atoms with Crippen LogP contribution < -0.4 is 0 Å². The zero-order chi connectivity index (χ0) is 6.97. The molecule has 0 saturated carbocycles. The molecule has 0 aromatic rings. The summed E-state index contributed by atoms with van der Waals surface area (Å²) in [5.41, 5.74) is 1.52. The fourth-order valence-electron chi connectivity index (χ4n) is 1.59. The van der Waals surface area contributed by atoms with Gasteiger partial charge in [0.25, 0.3) is 0 Å². The van der Waals surface area contributed by atoms with E-state index in [1.807, 2.05) is 0 Å². The Balaban J connectivity index is 2.22. The van der Waals surface area contributed by atoms with E-state index in [2.05, 4.69) is 19.1 Å². The zero-order valence-electron chi connectivity index (χ0n) is 6.26. The molecule has 0 spiro atoms. The Morgan fingerprint density at radius 1 is 1.60 bits per heavy atom. The first-order chi connectivity index (χ1) is 4.86. The summed E-state index contributed by atoms with van der Waals surface area (Å²) >= 11 is 0. The molecule has 1 nitrogen and oxygen atoms in total. The van der Waals surface area contributed by atoms with Crippen molar-refractivity contribution >= 4 is 0 Å². The minimum absolute atomic E-state index is 0.723. The summed E-state index contributed by atoms with van der Waals surface area (Å²) in [4.78, 5) is 0. The highest BCUT2D eigenvalue weighted by Crippen LogP contribution is 2.30. The Hall–Kier alpha value is -0.720. The molecule has 2 aliphatic rings. The van der Waals surface area contributed by atoms with Gasteiger partial charge in [0.15, 0.2) is 0 Å². The van der Waals surface area contributed by atoms with Crippen LogP contribution in [0.1, 0.15) is 19.8 Å². The van der Waals surface area contributed by atoms with Gasteiger partial charge in [0.2, 0.25) is 0 Å². The molecule has 54 valence electrons. The molecule has 0 aromatic carbocycles. The summed E-state index contributed by atoms with van der Waals surface area (Å²) in [6.45, 7) is 3.15. The maximum atomic E-state index is 5.40. The lowest BCUT2D eigenvalue weighted by molar-refractivity contribution is 0.256. The summed E-state index contributed by atoms with van der Waals surface area (Å²) in [5.74, 6) is 1.87. The van der Waals surface area contributed by atoms with Crippen LogP contribution in [-0.4, -0.2) is 6.61 Å². The van der Waals surface area contributed by atoms with Crippen molar-refractivity contribution in [3.05, 3.63) is 23.5 Å². The quantitative estimate of drug-likeness (QED) is 0.496. The molecule has 0 bridgehead atoms. The van der Waals surface area contributed by atoms with E-state index < -0.39 is 0 Å². The van der Waals surface area contributed by atoms with E-state index in [0.717, 1.165) is 24.7 Å². The second-order valence-electron chi connectivity index (χ2n) is 3.11. The molecule has 1 aliphatic heterocycles. The molecule has 0 fully saturated rings. The van der Waals surface area contributed by atoms with Gasteiger partial charge in [-0.2, -0.15) is 0 Å². The van der Waals surface area contributed by atoms with Crippen LogP contribution in [0.4, 0.5) is 0 Å². The van der Waals surface area contributed by atoms with E-state index >= 15 is 0 Å². The van der Waals surface area contributed by atoms with Gasteiger partial charge in [-0.15, -0.1) is 0 Å². The summed E-state index contributed by atoms with van der Waals surface area (Å²) < 4.78 is 5.40. The minimum Gasteiger partial charge on any atom is -0.493 e. The summed E-state index contributed by atoms with van der Waals surface area (Å²) in [5, 5.41) is 0. The third kappa shape index (κ3) is 0.859. The van der Waals surface area contributed by atoms with Gasteiger partial charge < -0.3 is 4.74 Å². The molecule has 0 radical (unpaired) electrons. The van der Waals surface area contributed by atoms with E-state index in [1.165, 1.54) is 12.0 Å². The molecule has 0 saturated heterocycles. The van der Waals surface area contributed by atoms with Gasteiger partial charge in [0.05, 0.1) is 6.61 Å². The molecular formula is C9H12O. The zero-order valence-corrected chi connectivity index (χ0v) is 6.26. The Labute approximate surface area is 61.4 Å². The summed E-state index contributed by atoms with van der Waals surface area (Å²) in [6.07, 6.45) is 6.72. The molecule has 0 amide bonds. The lowest BCUT2D eigenvalue weighted by Gasteiger charge is -2.11. The SMILES string of the molecule is C[C@@H]1C=CC2=C(CCO2)C1. The Morgan fingerprint density at radius 2 is 2.50 bits per heavy atom. The van der Waals surface area contributed by atoms with Crippen molar-refractivity contribution in [1.82, 2.24) is 0 Å². The second-order valence-corrected chi connectivity index (χ2v) is 3.11. The van der Waals surface area contributed by atoms with Gasteiger partial charge in [-0.3, -0.25) is 0 Å². The van der Waals surface area contributed by atoms with E-state index in [1.54, 1.807) is 0 Å². The topological polar surface area (TPSA) is 9.23 Å². The van der Waals surface area contributed by atoms with Crippen molar-refractivity contribution in [3.8, 4) is 0 Å². The van der Waals surface area contributed by atoms with Crippen molar-refractivity contribution in [2.24, 2.45) is 5.92 Å². The largest absolute Gasteiger partial charge is 0.493 e. The fraction of sp³-hybridized carbons (Fsp3) is 0.556. The van der Waals surface area contributed by atoms with Crippen molar-refractivity contribution in [1.29, 1.82) is 0 Å². The number of hydrogen-bond donors (Lipinski definition) is 0. The van der Waals surface area contributed by atoms with Gasteiger partial charge in [-0.25, -0.2) is 0 Å². The Morgan fingerprint density at radius 3 is 3.40 bits per heavy atom. The van der Waals surface area contributed by atoms with Crippen molar-refractivity contribution < 1.29 is 4.74 Å². The standard InChI is InChI=1S/C9H12O/c1-7-2-3-9-8(6-7)4-5-10-9/h2-3,7H,4-6H2,1H3/t7-/m1/s1. The van der Waals surface area contributed by atoms with Crippen LogP contribution >= 0.6 is 0 Å². The van der Waals surface area contributed by atoms with E-state index in [4.69, 9.17) is 4.74 Å². The number of hydrogen-bond acceptors (Lipinski definition) is 1. The summed E-state index contributed by atoms with van der Waals surface area (Å²) in [6, 6.07) is 0. The predicted molar refractivity (Wildman–Crippen MR) is 40.5 cm³/mol. The van der Waals surface area contributed by atoms with Gasteiger partial charge in [-0.1, -0.05) is 13.0 Å². The maximum absolute atomic E-state index is 5.40. The molecule has 0 N–H and O–H groups in total. The fourth-order valence-corrected chi connectivity index (χ4v) is 1.59. The Bertz CT molecular complexity index is 201. The second kappa shape index (κ2) is 2.15. The third-order valence-corrected chi connectivity index (χ3v) is 2.15. The maximum Gasteiger partial charge on any atom is 0.118 e. The lowest BCUT2D eigenvalue weighted by atomic mass is 9.94. The van der Waals surface area contributed by atoms with Crippen LogP contribution in [-0.2, 0) is 4.74 Å². The van der Waals surface area contributed by atoms with Crippen molar-refractivity contribution in [2.45, 2.75) is 19.8 Å². The first kappa shape index (κ1) is 6.02. The van der Waals surface area contributed by atoms with Gasteiger partial charge in [0.1, 0.15) is 5.76 Å². The molecule has 1 heteroatoms. The van der Waals surface area contributed by atoms with Crippen LogP contribution in [0.25, 0.3) is 0 Å². The normalized spacial score (nSPS) is 30.3. The first-order valence-electron chi connectivity index (χ1n) is 3.89. The molecule has 10 heavy (non-hydrogen) atoms. The third-order valence-electron chi connectivity index (χ3n) is 2.15. The van der Waals surface area contributed by atoms with E-state index in [9.17, 15) is 0 Å². The van der Waals surface area contributed by atoms with E-state index in [0.29, 0.717) is 0 Å². The molecule has 1 heterocycles. The number of ether oxygens (including phenoxy) is 1. The summed E-state index contributed by atoms with van der Waals surface area (Å²) in [7, 11) is 0. The van der Waals surface area contributed by atoms with Crippen LogP contribution in [0.2, 0.25) is 0 Å². The smallest absolute Gasteiger partial charge is 0.118 e. The highest BCUT2D eigenvalue weighted by molar-refractivity contribution is 5.28. The Kier molecular flexibility index (Phi) is 1.30. The van der Waals surface area contributed by atoms with Crippen LogP contribution in [0.15, 0.2) is 23.5 Å². The highest BCUT2D eigenvalue weighted by Gasteiger charge is 2.18. The van der Waals surface area contributed by atoms with Crippen LogP contribution in [0, 0.1) is 5.92 Å². The van der Waals surface area contributed by atoms with E-state index in [-0.39, 0.29) is 0 Å². The van der Waals surface area contributed by atoms with Crippen molar-refractivity contribution in [3.63, 3.8) is 0 Å². The monoisotopic (exact) mass is 136 g/mol. The van der Waals surface area contributed by atoms with Gasteiger partial charge >= 0.3 is 0 Å². The highest BCUT2D eigenvalue weighted by atomic mass is 16.5. The molecule has 2 rings (SSSR count). The molecule has 1 aliphatic carbocycles. The predicted octanol–water partition coefficient (Wildman–Crippen LogP) is 2.26. The average Bonchev–Trinajstić information content (AvgIpc) is 2.33.